The molecule has 1 aliphatic rings. The zero-order chi connectivity index (χ0) is 15.8. The second kappa shape index (κ2) is 5.72. The number of aliphatic hydroxyl groups excluding tert-OH is 2. The molecular weight excluding hydrogens is 280 g/mol. The molecule has 0 aromatic carbocycles. The molecule has 0 aliphatic carbocycles. The Morgan fingerprint density at radius 2 is 2.19 bits per heavy atom. The van der Waals surface area contributed by atoms with Crippen LogP contribution in [0.5, 0.6) is 0 Å². The van der Waals surface area contributed by atoms with Gasteiger partial charge >= 0.3 is 5.69 Å². The van der Waals surface area contributed by atoms with Crippen molar-refractivity contribution >= 4 is 0 Å². The molecule has 1 unspecified atom stereocenters. The highest BCUT2D eigenvalue weighted by Crippen LogP contribution is 2.39. The lowest BCUT2D eigenvalue weighted by Gasteiger charge is -2.34. The second-order valence-corrected chi connectivity index (χ2v) is 5.13. The standard InChI is InChI=1S/C13H20N2O6/c1-4-13(10(20-3)9(17)8(6-16)21-13)15-5-7(2)11(18)14-12(15)19/h5,8-10,16-17H,4,6H2,1-3H3,(H,14,18,19)/t8-,9-,10?,13-/m1/s1. The molecule has 8 heteroatoms. The predicted molar refractivity (Wildman–Crippen MR) is 73.1 cm³/mol. The van der Waals surface area contributed by atoms with Crippen LogP contribution in [0.3, 0.4) is 0 Å². The summed E-state index contributed by atoms with van der Waals surface area (Å²) in [5.41, 5.74) is -2.08. The van der Waals surface area contributed by atoms with Gasteiger partial charge in [0.1, 0.15) is 18.3 Å². The van der Waals surface area contributed by atoms with E-state index in [4.69, 9.17) is 9.47 Å². The molecule has 1 saturated heterocycles. The summed E-state index contributed by atoms with van der Waals surface area (Å²) in [6.07, 6.45) is -1.11. The van der Waals surface area contributed by atoms with Crippen LogP contribution in [-0.2, 0) is 15.2 Å². The maximum absolute atomic E-state index is 12.1. The Morgan fingerprint density at radius 3 is 2.71 bits per heavy atom. The van der Waals surface area contributed by atoms with E-state index in [2.05, 4.69) is 4.98 Å². The summed E-state index contributed by atoms with van der Waals surface area (Å²) in [4.78, 5) is 25.8. The first-order valence-corrected chi connectivity index (χ1v) is 6.73. The third kappa shape index (κ3) is 2.34. The van der Waals surface area contributed by atoms with Crippen LogP contribution in [0.4, 0.5) is 0 Å². The number of nitrogens with one attached hydrogen (secondary N) is 1. The molecule has 2 heterocycles. The Hall–Kier alpha value is -1.48. The zero-order valence-electron chi connectivity index (χ0n) is 12.2. The van der Waals surface area contributed by atoms with E-state index >= 15 is 0 Å². The van der Waals surface area contributed by atoms with Gasteiger partial charge < -0.3 is 19.7 Å². The Balaban J connectivity index is 2.64. The number of ether oxygens (including phenoxy) is 2. The molecule has 0 saturated carbocycles. The first kappa shape index (κ1) is 15.9. The summed E-state index contributed by atoms with van der Waals surface area (Å²) in [5.74, 6) is 0. The Bertz CT molecular complexity index is 624. The van der Waals surface area contributed by atoms with Crippen LogP contribution in [0.1, 0.15) is 18.9 Å². The minimum Gasteiger partial charge on any atom is -0.394 e. The first-order valence-electron chi connectivity index (χ1n) is 6.73. The van der Waals surface area contributed by atoms with E-state index in [1.165, 1.54) is 17.9 Å². The largest absolute Gasteiger partial charge is 0.394 e. The van der Waals surface area contributed by atoms with Crippen molar-refractivity contribution in [2.45, 2.75) is 44.3 Å². The van der Waals surface area contributed by atoms with Crippen LogP contribution >= 0.6 is 0 Å². The molecule has 118 valence electrons. The van der Waals surface area contributed by atoms with Crippen molar-refractivity contribution in [1.29, 1.82) is 0 Å². The lowest BCUT2D eigenvalue weighted by molar-refractivity contribution is -0.160. The molecular formula is C13H20N2O6. The van der Waals surface area contributed by atoms with Gasteiger partial charge in [0.15, 0.2) is 5.72 Å². The van der Waals surface area contributed by atoms with Crippen molar-refractivity contribution in [3.8, 4) is 0 Å². The number of nitrogens with zero attached hydrogens (tertiary/aromatic N) is 1. The molecule has 1 aliphatic heterocycles. The number of aromatic nitrogens is 2. The fourth-order valence-corrected chi connectivity index (χ4v) is 2.83. The fourth-order valence-electron chi connectivity index (χ4n) is 2.83. The maximum atomic E-state index is 12.1. The molecule has 1 aromatic rings. The minimum absolute atomic E-state index is 0.310. The predicted octanol–water partition coefficient (Wildman–Crippen LogP) is -1.33. The second-order valence-electron chi connectivity index (χ2n) is 5.13. The van der Waals surface area contributed by atoms with Crippen molar-refractivity contribution in [3.05, 3.63) is 32.6 Å². The molecule has 2 rings (SSSR count). The molecule has 1 fully saturated rings. The number of aryl methyl sites for hydroxylation is 1. The van der Waals surface area contributed by atoms with Crippen molar-refractivity contribution in [1.82, 2.24) is 9.55 Å². The highest BCUT2D eigenvalue weighted by atomic mass is 16.6. The molecule has 0 amide bonds. The van der Waals surface area contributed by atoms with Crippen molar-refractivity contribution in [3.63, 3.8) is 0 Å². The number of hydrogen-bond donors (Lipinski definition) is 3. The molecule has 8 nitrogen and oxygen atoms in total. The third-order valence-electron chi connectivity index (χ3n) is 3.96. The van der Waals surface area contributed by atoms with Gasteiger partial charge in [-0.1, -0.05) is 6.92 Å². The van der Waals surface area contributed by atoms with E-state index in [1.54, 1.807) is 13.8 Å². The van der Waals surface area contributed by atoms with E-state index < -0.39 is 41.9 Å². The zero-order valence-corrected chi connectivity index (χ0v) is 12.2. The average Bonchev–Trinajstić information content (AvgIpc) is 2.75. The van der Waals surface area contributed by atoms with Crippen LogP contribution in [0.2, 0.25) is 0 Å². The monoisotopic (exact) mass is 300 g/mol. The summed E-state index contributed by atoms with van der Waals surface area (Å²) in [5, 5.41) is 19.5. The quantitative estimate of drug-likeness (QED) is 0.635. The first-order chi connectivity index (χ1) is 9.91. The molecule has 0 spiro atoms. The topological polar surface area (TPSA) is 114 Å². The number of methoxy groups -OCH3 is 1. The normalized spacial score (nSPS) is 32.5. The average molecular weight is 300 g/mol. The van der Waals surface area contributed by atoms with E-state index in [0.717, 1.165) is 0 Å². The van der Waals surface area contributed by atoms with E-state index in [1.807, 2.05) is 0 Å². The molecule has 1 aromatic heterocycles. The fraction of sp³-hybridized carbons (Fsp3) is 0.692. The van der Waals surface area contributed by atoms with Gasteiger partial charge in [-0.3, -0.25) is 14.3 Å². The number of H-pyrrole nitrogens is 1. The number of rotatable bonds is 4. The lowest BCUT2D eigenvalue weighted by atomic mass is 9.99. The SMILES string of the molecule is CC[C@@]1(n2cc(C)c(=O)[nH]c2=O)O[C@H](CO)[C@@H](O)C1OC. The molecule has 0 radical (unpaired) electrons. The van der Waals surface area contributed by atoms with Gasteiger partial charge in [-0.15, -0.1) is 0 Å². The highest BCUT2D eigenvalue weighted by molar-refractivity contribution is 5.07. The number of hydrogen-bond acceptors (Lipinski definition) is 6. The van der Waals surface area contributed by atoms with E-state index in [-0.39, 0.29) is 0 Å². The van der Waals surface area contributed by atoms with Gasteiger partial charge in [-0.05, 0) is 13.3 Å². The van der Waals surface area contributed by atoms with Gasteiger partial charge in [-0.25, -0.2) is 4.79 Å². The van der Waals surface area contributed by atoms with Gasteiger partial charge in [0.2, 0.25) is 0 Å². The van der Waals surface area contributed by atoms with Gasteiger partial charge in [0.05, 0.1) is 6.61 Å². The van der Waals surface area contributed by atoms with Gasteiger partial charge in [-0.2, -0.15) is 0 Å². The molecule has 0 bridgehead atoms. The Kier molecular flexibility index (Phi) is 4.33. The Morgan fingerprint density at radius 1 is 1.52 bits per heavy atom. The summed E-state index contributed by atoms with van der Waals surface area (Å²) in [7, 11) is 1.39. The molecule has 4 atom stereocenters. The number of aromatic amines is 1. The van der Waals surface area contributed by atoms with Crippen LogP contribution in [-0.4, -0.2) is 51.8 Å². The summed E-state index contributed by atoms with van der Waals surface area (Å²) < 4.78 is 12.3. The van der Waals surface area contributed by atoms with Gasteiger partial charge in [0.25, 0.3) is 5.56 Å². The molecule has 3 N–H and O–H groups in total. The summed E-state index contributed by atoms with van der Waals surface area (Å²) in [6.45, 7) is 2.93. The van der Waals surface area contributed by atoms with Crippen LogP contribution < -0.4 is 11.2 Å². The van der Waals surface area contributed by atoms with E-state index in [0.29, 0.717) is 12.0 Å². The van der Waals surface area contributed by atoms with Crippen molar-refractivity contribution in [2.75, 3.05) is 13.7 Å². The third-order valence-corrected chi connectivity index (χ3v) is 3.96. The lowest BCUT2D eigenvalue weighted by Crippen LogP contribution is -2.52. The Labute approximate surface area is 120 Å². The molecule has 21 heavy (non-hydrogen) atoms. The summed E-state index contributed by atoms with van der Waals surface area (Å²) >= 11 is 0. The van der Waals surface area contributed by atoms with E-state index in [9.17, 15) is 19.8 Å². The van der Waals surface area contributed by atoms with Gasteiger partial charge in [0, 0.05) is 18.9 Å². The minimum atomic E-state index is -1.28. The van der Waals surface area contributed by atoms with Crippen LogP contribution in [0, 0.1) is 6.92 Å². The van der Waals surface area contributed by atoms with Crippen molar-refractivity contribution < 1.29 is 19.7 Å². The van der Waals surface area contributed by atoms with Crippen LogP contribution in [0.25, 0.3) is 0 Å². The maximum Gasteiger partial charge on any atom is 0.330 e. The summed E-state index contributed by atoms with van der Waals surface area (Å²) in [6, 6.07) is 0. The number of aliphatic hydroxyl groups is 2. The van der Waals surface area contributed by atoms with Crippen LogP contribution in [0.15, 0.2) is 15.8 Å². The smallest absolute Gasteiger partial charge is 0.330 e. The highest BCUT2D eigenvalue weighted by Gasteiger charge is 2.55. The van der Waals surface area contributed by atoms with Crippen molar-refractivity contribution in [2.24, 2.45) is 0 Å².